The molecule has 0 heterocycles. The number of hydrogen-bond acceptors (Lipinski definition) is 8. The molecule has 0 atom stereocenters. The molecule has 4 rings (SSSR count). The monoisotopic (exact) mass is 836 g/mol. The van der Waals surface area contributed by atoms with Gasteiger partial charge in [0.15, 0.2) is 11.6 Å². The molecule has 20 heteroatoms. The average molecular weight is 838 g/mol. The number of nitrogens with two attached hydrogens (primary N) is 1. The summed E-state index contributed by atoms with van der Waals surface area (Å²) in [4.78, 5) is 34.2. The first-order valence-electron chi connectivity index (χ1n) is 15.2. The van der Waals surface area contributed by atoms with Crippen molar-refractivity contribution in [2.45, 2.75) is 19.3 Å². The molecule has 290 valence electrons. The molecule has 0 aliphatic carbocycles. The SMILES string of the molecule is CS(=O)(=O)N(Cc1ccc(C(=O)CN)cc1F)c1cccc(Cl)c1.CS(=O)(=O)N(Cc1ccc(C(=O)CNC(=O)C(F)(F)F)cc1F)c1cccc(Cl)c1. The van der Waals surface area contributed by atoms with Crippen LogP contribution < -0.4 is 19.7 Å². The Morgan fingerprint density at radius 1 is 0.685 bits per heavy atom. The Morgan fingerprint density at radius 2 is 1.09 bits per heavy atom. The quantitative estimate of drug-likeness (QED) is 0.124. The summed E-state index contributed by atoms with van der Waals surface area (Å²) in [6.45, 7) is -1.84. The minimum atomic E-state index is -5.15. The van der Waals surface area contributed by atoms with Gasteiger partial charge in [0.05, 0.1) is 50.1 Å². The predicted molar refractivity (Wildman–Crippen MR) is 195 cm³/mol. The summed E-state index contributed by atoms with van der Waals surface area (Å²) in [6.07, 6.45) is -3.20. The van der Waals surface area contributed by atoms with Crippen molar-refractivity contribution in [3.8, 4) is 0 Å². The fraction of sp³-hybridized carbons (Fsp3) is 0.206. The van der Waals surface area contributed by atoms with Crippen LogP contribution in [0.15, 0.2) is 84.9 Å². The zero-order chi connectivity index (χ0) is 40.6. The van der Waals surface area contributed by atoms with Gasteiger partial charge in [-0.05, 0) is 48.5 Å². The Kier molecular flexibility index (Phi) is 14.7. The lowest BCUT2D eigenvalue weighted by Gasteiger charge is -2.23. The number of anilines is 2. The van der Waals surface area contributed by atoms with E-state index in [-0.39, 0.29) is 46.1 Å². The van der Waals surface area contributed by atoms with Gasteiger partial charge in [0.1, 0.15) is 11.6 Å². The van der Waals surface area contributed by atoms with Crippen molar-refractivity contribution in [1.82, 2.24) is 5.32 Å². The van der Waals surface area contributed by atoms with Gasteiger partial charge < -0.3 is 11.1 Å². The van der Waals surface area contributed by atoms with E-state index in [2.05, 4.69) is 0 Å². The Morgan fingerprint density at radius 3 is 1.43 bits per heavy atom. The third kappa shape index (κ3) is 12.5. The molecule has 0 aliphatic rings. The normalized spacial score (nSPS) is 11.6. The van der Waals surface area contributed by atoms with E-state index in [1.807, 2.05) is 0 Å². The average Bonchev–Trinajstić information content (AvgIpc) is 3.07. The highest BCUT2D eigenvalue weighted by molar-refractivity contribution is 7.92. The molecule has 0 saturated heterocycles. The second-order valence-electron chi connectivity index (χ2n) is 11.3. The van der Waals surface area contributed by atoms with Crippen molar-refractivity contribution in [1.29, 1.82) is 0 Å². The number of benzene rings is 4. The van der Waals surface area contributed by atoms with Crippen molar-refractivity contribution in [2.24, 2.45) is 5.73 Å². The van der Waals surface area contributed by atoms with Gasteiger partial charge in [-0.2, -0.15) is 13.2 Å². The largest absolute Gasteiger partial charge is 0.471 e. The third-order valence-electron chi connectivity index (χ3n) is 7.22. The number of carbonyl (C=O) groups excluding carboxylic acids is 3. The van der Waals surface area contributed by atoms with Crippen LogP contribution in [0.3, 0.4) is 0 Å². The van der Waals surface area contributed by atoms with E-state index in [4.69, 9.17) is 28.9 Å². The van der Waals surface area contributed by atoms with Crippen molar-refractivity contribution >= 4 is 72.1 Å². The van der Waals surface area contributed by atoms with Gasteiger partial charge >= 0.3 is 12.1 Å². The Hall–Kier alpha value is -4.62. The van der Waals surface area contributed by atoms with Crippen LogP contribution in [0.25, 0.3) is 0 Å². The van der Waals surface area contributed by atoms with Crippen LogP contribution in [0.5, 0.6) is 0 Å². The molecule has 4 aromatic carbocycles. The van der Waals surface area contributed by atoms with Crippen molar-refractivity contribution in [3.05, 3.63) is 129 Å². The predicted octanol–water partition coefficient (Wildman–Crippen LogP) is 5.89. The van der Waals surface area contributed by atoms with Gasteiger partial charge in [-0.3, -0.25) is 23.0 Å². The second kappa shape index (κ2) is 18.1. The fourth-order valence-corrected chi connectivity index (χ4v) is 6.66. The number of sulfonamides is 2. The lowest BCUT2D eigenvalue weighted by Crippen LogP contribution is -2.39. The van der Waals surface area contributed by atoms with Crippen LogP contribution in [-0.2, 0) is 37.9 Å². The number of alkyl halides is 3. The van der Waals surface area contributed by atoms with E-state index in [0.29, 0.717) is 10.7 Å². The number of ketones is 2. The van der Waals surface area contributed by atoms with Crippen molar-refractivity contribution < 1.29 is 53.2 Å². The summed E-state index contributed by atoms with van der Waals surface area (Å²) in [5.74, 6) is -5.26. The number of rotatable bonds is 13. The first kappa shape index (κ1) is 43.8. The molecule has 0 fully saturated rings. The van der Waals surface area contributed by atoms with Crippen LogP contribution in [0.2, 0.25) is 10.0 Å². The van der Waals surface area contributed by atoms with Gasteiger partial charge in [-0.25, -0.2) is 25.6 Å². The van der Waals surface area contributed by atoms with Gasteiger partial charge in [-0.15, -0.1) is 0 Å². The molecule has 0 bridgehead atoms. The number of nitrogens with one attached hydrogen (secondary N) is 1. The molecule has 4 aromatic rings. The number of nitrogens with zero attached hydrogens (tertiary/aromatic N) is 2. The maximum absolute atomic E-state index is 14.5. The summed E-state index contributed by atoms with van der Waals surface area (Å²) in [5, 5.41) is 2.03. The maximum atomic E-state index is 14.5. The maximum Gasteiger partial charge on any atom is 0.471 e. The number of amides is 1. The smallest absolute Gasteiger partial charge is 0.341 e. The number of hydrogen-bond donors (Lipinski definition) is 2. The number of Topliss-reactive ketones (excluding diaryl/α,β-unsaturated/α-hetero) is 2. The molecule has 0 spiro atoms. The highest BCUT2D eigenvalue weighted by atomic mass is 35.5. The highest BCUT2D eigenvalue weighted by Gasteiger charge is 2.38. The minimum absolute atomic E-state index is 0.0868. The molecule has 54 heavy (non-hydrogen) atoms. The molecule has 0 aromatic heterocycles. The van der Waals surface area contributed by atoms with E-state index in [1.165, 1.54) is 47.8 Å². The molecular formula is C34H31Cl2F5N4O7S2. The number of halogens is 7. The van der Waals surface area contributed by atoms with Crippen LogP contribution in [0, 0.1) is 11.6 Å². The Balaban J connectivity index is 0.000000297. The Bertz CT molecular complexity index is 2260. The van der Waals surface area contributed by atoms with Crippen LogP contribution in [0.1, 0.15) is 31.8 Å². The minimum Gasteiger partial charge on any atom is -0.341 e. The van der Waals surface area contributed by atoms with Crippen LogP contribution in [0.4, 0.5) is 33.3 Å². The molecule has 0 aliphatic heterocycles. The highest BCUT2D eigenvalue weighted by Crippen LogP contribution is 2.27. The molecule has 1 amide bonds. The number of carbonyl (C=O) groups is 3. The summed E-state index contributed by atoms with van der Waals surface area (Å²) in [6, 6.07) is 19.0. The van der Waals surface area contributed by atoms with E-state index < -0.39 is 68.4 Å². The third-order valence-corrected chi connectivity index (χ3v) is 9.97. The lowest BCUT2D eigenvalue weighted by molar-refractivity contribution is -0.173. The second-order valence-corrected chi connectivity index (χ2v) is 16.0. The molecular weight excluding hydrogens is 806 g/mol. The molecule has 0 unspecified atom stereocenters. The fourth-order valence-electron chi connectivity index (χ4n) is 4.55. The van der Waals surface area contributed by atoms with Gasteiger partial charge in [0.25, 0.3) is 0 Å². The zero-order valence-corrected chi connectivity index (χ0v) is 31.3. The van der Waals surface area contributed by atoms with E-state index >= 15 is 0 Å². The van der Waals surface area contributed by atoms with E-state index in [9.17, 15) is 53.2 Å². The summed E-state index contributed by atoms with van der Waals surface area (Å²) >= 11 is 11.8. The van der Waals surface area contributed by atoms with Crippen LogP contribution >= 0.6 is 23.2 Å². The van der Waals surface area contributed by atoms with E-state index in [0.717, 1.165) is 45.4 Å². The van der Waals surface area contributed by atoms with Gasteiger partial charge in [0.2, 0.25) is 20.0 Å². The first-order chi connectivity index (χ1) is 25.0. The summed E-state index contributed by atoms with van der Waals surface area (Å²) < 4.78 is 116. The van der Waals surface area contributed by atoms with Crippen molar-refractivity contribution in [2.75, 3.05) is 34.2 Å². The van der Waals surface area contributed by atoms with Crippen molar-refractivity contribution in [3.63, 3.8) is 0 Å². The topological polar surface area (TPSA) is 164 Å². The Labute approximate surface area is 317 Å². The molecule has 0 saturated carbocycles. The summed E-state index contributed by atoms with van der Waals surface area (Å²) in [5.41, 5.74) is 5.67. The van der Waals surface area contributed by atoms with Gasteiger partial charge in [0, 0.05) is 32.3 Å². The standard InChI is InChI=1S/C18H15ClF4N2O4S.C16H16ClFN2O3S/c1-30(28,29)25(14-4-2-3-13(19)8-14)10-12-6-5-11(7-15(12)20)16(26)9-24-17(27)18(21,22)23;1-24(22,23)20(14-4-2-3-13(17)8-14)10-12-6-5-11(7-15(12)18)16(21)9-19/h2-8H,9-10H2,1H3,(H,24,27);2-8H,9-10,19H2,1H3. The molecule has 0 radical (unpaired) electrons. The van der Waals surface area contributed by atoms with E-state index in [1.54, 1.807) is 18.2 Å². The molecule has 3 N–H and O–H groups in total. The first-order valence-corrected chi connectivity index (χ1v) is 19.6. The summed E-state index contributed by atoms with van der Waals surface area (Å²) in [7, 11) is -7.48. The van der Waals surface area contributed by atoms with Gasteiger partial charge in [-0.1, -0.05) is 59.6 Å². The zero-order valence-electron chi connectivity index (χ0n) is 28.2. The van der Waals surface area contributed by atoms with Crippen LogP contribution in [-0.4, -0.2) is 66.1 Å². The lowest BCUT2D eigenvalue weighted by atomic mass is 10.1. The molecule has 11 nitrogen and oxygen atoms in total.